The molecule has 7 heteroatoms. The summed E-state index contributed by atoms with van der Waals surface area (Å²) in [5.74, 6) is 0.409. The van der Waals surface area contributed by atoms with E-state index in [9.17, 15) is 18.0 Å². The average Bonchev–Trinajstić information content (AvgIpc) is 2.58. The van der Waals surface area contributed by atoms with Gasteiger partial charge in [-0.2, -0.15) is 13.2 Å². The molecule has 2 heterocycles. The summed E-state index contributed by atoms with van der Waals surface area (Å²) < 4.78 is 42.9. The van der Waals surface area contributed by atoms with Crippen LogP contribution in [0, 0.1) is 0 Å². The summed E-state index contributed by atoms with van der Waals surface area (Å²) in [4.78, 5) is 15.6. The molecule has 0 spiro atoms. The first kappa shape index (κ1) is 17.5. The molecule has 0 radical (unpaired) electrons. The average molecular weight is 365 g/mol. The maximum absolute atomic E-state index is 12.6. The van der Waals surface area contributed by atoms with E-state index in [4.69, 9.17) is 4.42 Å². The largest absolute Gasteiger partial charge is 0.423 e. The predicted octanol–water partition coefficient (Wildman–Crippen LogP) is 5.06. The van der Waals surface area contributed by atoms with Crippen molar-refractivity contribution in [3.05, 3.63) is 69.7 Å². The molecule has 0 unspecified atom stereocenters. The fourth-order valence-corrected chi connectivity index (χ4v) is 3.23. The van der Waals surface area contributed by atoms with E-state index in [1.54, 1.807) is 0 Å². The minimum Gasteiger partial charge on any atom is -0.423 e. The van der Waals surface area contributed by atoms with Gasteiger partial charge in [0.2, 0.25) is 0 Å². The maximum atomic E-state index is 12.6. The summed E-state index contributed by atoms with van der Waals surface area (Å²) in [5, 5.41) is 1.27. The maximum Gasteiger partial charge on any atom is 0.417 e. The third kappa shape index (κ3) is 4.04. The Kier molecular flexibility index (Phi) is 4.85. The van der Waals surface area contributed by atoms with Gasteiger partial charge in [-0.15, -0.1) is 11.8 Å². The second-order valence-corrected chi connectivity index (χ2v) is 6.44. The lowest BCUT2D eigenvalue weighted by molar-refractivity contribution is -0.137. The Bertz CT molecular complexity index is 949. The molecular weight excluding hydrogens is 351 g/mol. The van der Waals surface area contributed by atoms with Crippen molar-refractivity contribution in [1.29, 1.82) is 0 Å². The van der Waals surface area contributed by atoms with Crippen molar-refractivity contribution in [3.8, 4) is 0 Å². The summed E-state index contributed by atoms with van der Waals surface area (Å²) >= 11 is 1.27. The Morgan fingerprint density at radius 3 is 2.60 bits per heavy atom. The molecule has 0 atom stereocenters. The Balaban J connectivity index is 1.84. The second kappa shape index (κ2) is 6.92. The van der Waals surface area contributed by atoms with Crippen LogP contribution in [0.15, 0.2) is 56.8 Å². The monoisotopic (exact) mass is 365 g/mol. The first-order valence-corrected chi connectivity index (χ1v) is 8.57. The van der Waals surface area contributed by atoms with Crippen LogP contribution in [0.25, 0.3) is 11.0 Å². The van der Waals surface area contributed by atoms with Crippen LogP contribution in [-0.2, 0) is 18.3 Å². The molecule has 0 saturated heterocycles. The van der Waals surface area contributed by atoms with E-state index < -0.39 is 17.4 Å². The Morgan fingerprint density at radius 1 is 1.16 bits per heavy atom. The fraction of sp³-hybridized carbons (Fsp3) is 0.222. The molecule has 1 aromatic carbocycles. The molecule has 130 valence electrons. The van der Waals surface area contributed by atoms with Crippen LogP contribution in [0.2, 0.25) is 0 Å². The second-order valence-electron chi connectivity index (χ2n) is 5.45. The van der Waals surface area contributed by atoms with Crippen molar-refractivity contribution in [2.45, 2.75) is 30.3 Å². The van der Waals surface area contributed by atoms with Gasteiger partial charge >= 0.3 is 11.8 Å². The quantitative estimate of drug-likeness (QED) is 0.479. The number of benzene rings is 1. The number of thioether (sulfide) groups is 1. The van der Waals surface area contributed by atoms with Crippen molar-refractivity contribution >= 4 is 22.7 Å². The fourth-order valence-electron chi connectivity index (χ4n) is 2.40. The molecule has 0 aliphatic heterocycles. The van der Waals surface area contributed by atoms with Gasteiger partial charge in [-0.25, -0.2) is 9.78 Å². The van der Waals surface area contributed by atoms with E-state index in [1.807, 2.05) is 25.1 Å². The predicted molar refractivity (Wildman–Crippen MR) is 90.7 cm³/mol. The van der Waals surface area contributed by atoms with Gasteiger partial charge in [0, 0.05) is 23.4 Å². The van der Waals surface area contributed by atoms with Gasteiger partial charge in [-0.1, -0.05) is 19.1 Å². The van der Waals surface area contributed by atoms with Gasteiger partial charge in [0.25, 0.3) is 0 Å². The van der Waals surface area contributed by atoms with Gasteiger partial charge in [0.05, 0.1) is 10.6 Å². The molecule has 0 fully saturated rings. The summed E-state index contributed by atoms with van der Waals surface area (Å²) in [6.07, 6.45) is -2.76. The van der Waals surface area contributed by atoms with Crippen molar-refractivity contribution in [2.75, 3.05) is 0 Å². The summed E-state index contributed by atoms with van der Waals surface area (Å²) in [5.41, 5.74) is 1.11. The number of halogens is 3. The van der Waals surface area contributed by atoms with Gasteiger partial charge < -0.3 is 4.42 Å². The van der Waals surface area contributed by atoms with E-state index in [2.05, 4.69) is 4.98 Å². The van der Waals surface area contributed by atoms with Gasteiger partial charge in [-0.05, 0) is 35.7 Å². The lowest BCUT2D eigenvalue weighted by Gasteiger charge is -2.08. The Hall–Kier alpha value is -2.28. The third-order valence-corrected chi connectivity index (χ3v) is 4.73. The Labute approximate surface area is 145 Å². The van der Waals surface area contributed by atoms with E-state index in [0.717, 1.165) is 35.2 Å². The van der Waals surface area contributed by atoms with Crippen LogP contribution >= 0.6 is 11.8 Å². The molecule has 0 aliphatic carbocycles. The highest BCUT2D eigenvalue weighted by Gasteiger charge is 2.30. The lowest BCUT2D eigenvalue weighted by Crippen LogP contribution is -2.05. The number of aromatic nitrogens is 1. The first-order valence-electron chi connectivity index (χ1n) is 7.58. The molecule has 0 saturated carbocycles. The van der Waals surface area contributed by atoms with Crippen LogP contribution in [0.5, 0.6) is 0 Å². The molecule has 3 aromatic rings. The summed E-state index contributed by atoms with van der Waals surface area (Å²) in [6, 6.07) is 9.43. The highest BCUT2D eigenvalue weighted by molar-refractivity contribution is 7.98. The standard InChI is InChI=1S/C18H14F3NO2S/c1-2-11-3-5-14-12(8-17(23)24-15(14)7-11)10-25-16-6-4-13(9-22-16)18(19,20)21/h3-9H,2,10H2,1H3. The zero-order valence-corrected chi connectivity index (χ0v) is 14.1. The van der Waals surface area contributed by atoms with Gasteiger partial charge in [-0.3, -0.25) is 0 Å². The molecule has 2 aromatic heterocycles. The molecule has 0 bridgehead atoms. The molecular formula is C18H14F3NO2S. The number of aryl methyl sites for hydroxylation is 1. The van der Waals surface area contributed by atoms with Crippen LogP contribution in [0.1, 0.15) is 23.6 Å². The van der Waals surface area contributed by atoms with Gasteiger partial charge in [0.1, 0.15) is 5.58 Å². The highest BCUT2D eigenvalue weighted by Crippen LogP contribution is 2.31. The van der Waals surface area contributed by atoms with E-state index in [-0.39, 0.29) is 0 Å². The van der Waals surface area contributed by atoms with E-state index in [1.165, 1.54) is 23.9 Å². The van der Waals surface area contributed by atoms with Crippen molar-refractivity contribution in [1.82, 2.24) is 4.98 Å². The number of hydrogen-bond acceptors (Lipinski definition) is 4. The first-order chi connectivity index (χ1) is 11.9. The number of hydrogen-bond donors (Lipinski definition) is 0. The SMILES string of the molecule is CCc1ccc2c(CSc3ccc(C(F)(F)F)cn3)cc(=O)oc2c1. The topological polar surface area (TPSA) is 43.1 Å². The van der Waals surface area contributed by atoms with Crippen LogP contribution in [0.3, 0.4) is 0 Å². The van der Waals surface area contributed by atoms with Crippen molar-refractivity contribution < 1.29 is 17.6 Å². The number of alkyl halides is 3. The Morgan fingerprint density at radius 2 is 1.96 bits per heavy atom. The molecule has 3 nitrogen and oxygen atoms in total. The van der Waals surface area contributed by atoms with Crippen LogP contribution in [-0.4, -0.2) is 4.98 Å². The number of pyridine rings is 1. The number of nitrogens with zero attached hydrogens (tertiary/aromatic N) is 1. The molecule has 0 aliphatic rings. The van der Waals surface area contributed by atoms with E-state index >= 15 is 0 Å². The minimum absolute atomic E-state index is 0.409. The zero-order chi connectivity index (χ0) is 18.0. The highest BCUT2D eigenvalue weighted by atomic mass is 32.2. The van der Waals surface area contributed by atoms with Gasteiger partial charge in [0.15, 0.2) is 0 Å². The zero-order valence-electron chi connectivity index (χ0n) is 13.3. The minimum atomic E-state index is -4.40. The smallest absolute Gasteiger partial charge is 0.417 e. The molecule has 0 N–H and O–H groups in total. The third-order valence-electron chi connectivity index (χ3n) is 3.74. The number of fused-ring (bicyclic) bond motifs is 1. The van der Waals surface area contributed by atoms with Crippen LogP contribution < -0.4 is 5.63 Å². The molecule has 0 amide bonds. The van der Waals surface area contributed by atoms with Crippen molar-refractivity contribution in [2.24, 2.45) is 0 Å². The normalized spacial score (nSPS) is 11.8. The summed E-state index contributed by atoms with van der Waals surface area (Å²) in [7, 11) is 0. The lowest BCUT2D eigenvalue weighted by atomic mass is 10.1. The van der Waals surface area contributed by atoms with Crippen molar-refractivity contribution in [3.63, 3.8) is 0 Å². The van der Waals surface area contributed by atoms with Crippen LogP contribution in [0.4, 0.5) is 13.2 Å². The molecule has 25 heavy (non-hydrogen) atoms. The van der Waals surface area contributed by atoms with E-state index in [0.29, 0.717) is 16.4 Å². The number of rotatable bonds is 4. The summed E-state index contributed by atoms with van der Waals surface area (Å²) in [6.45, 7) is 2.01. The molecule has 3 rings (SSSR count).